The fourth-order valence-corrected chi connectivity index (χ4v) is 3.27. The number of furan rings is 1. The molecule has 4 aromatic rings. The molecular weight excluding hydrogens is 395 g/mol. The van der Waals surface area contributed by atoms with Gasteiger partial charge >= 0.3 is 6.18 Å². The second-order valence-corrected chi connectivity index (χ2v) is 6.92. The van der Waals surface area contributed by atoms with Gasteiger partial charge in [-0.3, -0.25) is 9.78 Å². The number of amides is 1. The molecule has 0 aliphatic rings. The molecule has 0 radical (unpaired) electrons. The third-order valence-corrected chi connectivity index (χ3v) is 4.72. The Hall–Kier alpha value is -3.55. The first-order valence-corrected chi connectivity index (χ1v) is 9.25. The first-order chi connectivity index (χ1) is 14.3. The van der Waals surface area contributed by atoms with Crippen molar-refractivity contribution in [3.8, 4) is 0 Å². The number of benzene rings is 1. The second kappa shape index (κ2) is 7.70. The van der Waals surface area contributed by atoms with Crippen molar-refractivity contribution < 1.29 is 22.4 Å². The summed E-state index contributed by atoms with van der Waals surface area (Å²) in [6.45, 7) is 2.28. The number of nitrogens with zero attached hydrogens (tertiary/aromatic N) is 2. The van der Waals surface area contributed by atoms with Crippen molar-refractivity contribution in [3.63, 3.8) is 0 Å². The number of pyridine rings is 1. The highest BCUT2D eigenvalue weighted by atomic mass is 19.4. The van der Waals surface area contributed by atoms with Crippen molar-refractivity contribution in [2.75, 3.05) is 0 Å². The molecule has 0 saturated heterocycles. The Bertz CT molecular complexity index is 1180. The lowest BCUT2D eigenvalue weighted by atomic mass is 10.1. The molecule has 5 nitrogen and oxygen atoms in total. The molecule has 1 N–H and O–H groups in total. The molecule has 4 rings (SSSR count). The van der Waals surface area contributed by atoms with Gasteiger partial charge in [0.25, 0.3) is 5.91 Å². The molecule has 30 heavy (non-hydrogen) atoms. The molecule has 8 heteroatoms. The minimum atomic E-state index is -4.39. The van der Waals surface area contributed by atoms with Crippen LogP contribution in [0.1, 0.15) is 33.1 Å². The van der Waals surface area contributed by atoms with Gasteiger partial charge in [-0.25, -0.2) is 0 Å². The summed E-state index contributed by atoms with van der Waals surface area (Å²) in [5.41, 5.74) is 2.25. The highest BCUT2D eigenvalue weighted by Crippen LogP contribution is 2.30. The summed E-state index contributed by atoms with van der Waals surface area (Å²) < 4.78 is 45.9. The maximum atomic E-state index is 12.8. The minimum Gasteiger partial charge on any atom is -0.460 e. The number of rotatable bonds is 5. The van der Waals surface area contributed by atoms with Gasteiger partial charge in [-0.2, -0.15) is 13.2 Å². The first-order valence-electron chi connectivity index (χ1n) is 9.25. The van der Waals surface area contributed by atoms with Crippen molar-refractivity contribution >= 4 is 17.0 Å². The summed E-state index contributed by atoms with van der Waals surface area (Å²) in [6, 6.07) is 13.8. The first kappa shape index (κ1) is 19.8. The Balaban J connectivity index is 1.62. The van der Waals surface area contributed by atoms with E-state index in [4.69, 9.17) is 4.42 Å². The number of carbonyl (C=O) groups excluding carboxylic acids is 1. The Morgan fingerprint density at radius 2 is 1.90 bits per heavy atom. The Labute approximate surface area is 170 Å². The zero-order valence-corrected chi connectivity index (χ0v) is 16.0. The van der Waals surface area contributed by atoms with Gasteiger partial charge in [-0.1, -0.05) is 18.2 Å². The van der Waals surface area contributed by atoms with E-state index in [2.05, 4.69) is 10.3 Å². The smallest absolute Gasteiger partial charge is 0.416 e. The molecule has 1 amide bonds. The van der Waals surface area contributed by atoms with Crippen LogP contribution in [0.4, 0.5) is 13.2 Å². The summed E-state index contributed by atoms with van der Waals surface area (Å²) in [7, 11) is 0. The third kappa shape index (κ3) is 4.07. The standard InChI is InChI=1S/C22H18F3N3O2/c1-14-10-18-20(30-14)11-19(21(29)27-12-17-4-2-3-9-26-17)28(18)13-15-5-7-16(8-6-15)22(23,24)25/h2-11H,12-13H2,1H3,(H,27,29). The summed E-state index contributed by atoms with van der Waals surface area (Å²) in [5.74, 6) is 0.359. The van der Waals surface area contributed by atoms with Crippen molar-refractivity contribution in [2.24, 2.45) is 0 Å². The number of aryl methyl sites for hydroxylation is 1. The summed E-state index contributed by atoms with van der Waals surface area (Å²) in [6.07, 6.45) is -2.75. The molecule has 0 saturated carbocycles. The topological polar surface area (TPSA) is 60.1 Å². The molecule has 154 valence electrons. The van der Waals surface area contributed by atoms with Crippen molar-refractivity contribution in [2.45, 2.75) is 26.2 Å². The van der Waals surface area contributed by atoms with E-state index in [1.54, 1.807) is 42.0 Å². The van der Waals surface area contributed by atoms with Gasteiger partial charge in [0.1, 0.15) is 11.5 Å². The number of aromatic nitrogens is 2. The predicted molar refractivity (Wildman–Crippen MR) is 105 cm³/mol. The average Bonchev–Trinajstić information content (AvgIpc) is 3.24. The Morgan fingerprint density at radius 3 is 2.57 bits per heavy atom. The van der Waals surface area contributed by atoms with Crippen LogP contribution in [0.2, 0.25) is 0 Å². The van der Waals surface area contributed by atoms with Gasteiger partial charge in [-0.15, -0.1) is 0 Å². The van der Waals surface area contributed by atoms with Crippen LogP contribution in [-0.2, 0) is 19.3 Å². The maximum Gasteiger partial charge on any atom is 0.416 e. The molecule has 0 fully saturated rings. The monoisotopic (exact) mass is 413 g/mol. The highest BCUT2D eigenvalue weighted by molar-refractivity contribution is 5.97. The number of hydrogen-bond donors (Lipinski definition) is 1. The molecular formula is C22H18F3N3O2. The lowest BCUT2D eigenvalue weighted by molar-refractivity contribution is -0.137. The van der Waals surface area contributed by atoms with Crippen LogP contribution >= 0.6 is 0 Å². The van der Waals surface area contributed by atoms with Gasteiger partial charge in [0, 0.05) is 24.9 Å². The molecule has 0 aliphatic carbocycles. The number of carbonyl (C=O) groups is 1. The highest BCUT2D eigenvalue weighted by Gasteiger charge is 2.30. The lowest BCUT2D eigenvalue weighted by Crippen LogP contribution is -2.26. The molecule has 1 aromatic carbocycles. The number of nitrogens with one attached hydrogen (secondary N) is 1. The van der Waals surface area contributed by atoms with E-state index in [-0.39, 0.29) is 19.0 Å². The number of halogens is 3. The van der Waals surface area contributed by atoms with E-state index in [0.717, 1.165) is 12.1 Å². The molecule has 3 heterocycles. The molecule has 3 aromatic heterocycles. The predicted octanol–water partition coefficient (Wildman–Crippen LogP) is 4.93. The largest absolute Gasteiger partial charge is 0.460 e. The lowest BCUT2D eigenvalue weighted by Gasteiger charge is -2.12. The van der Waals surface area contributed by atoms with E-state index < -0.39 is 11.7 Å². The van der Waals surface area contributed by atoms with E-state index >= 15 is 0 Å². The van der Waals surface area contributed by atoms with Gasteiger partial charge in [0.15, 0.2) is 5.58 Å². The van der Waals surface area contributed by atoms with Gasteiger partial charge in [0.05, 0.1) is 23.3 Å². The van der Waals surface area contributed by atoms with Crippen LogP contribution < -0.4 is 5.32 Å². The maximum absolute atomic E-state index is 12.8. The van der Waals surface area contributed by atoms with E-state index in [1.165, 1.54) is 12.1 Å². The summed E-state index contributed by atoms with van der Waals surface area (Å²) >= 11 is 0. The average molecular weight is 413 g/mol. The Morgan fingerprint density at radius 1 is 1.13 bits per heavy atom. The van der Waals surface area contributed by atoms with Crippen LogP contribution in [0.3, 0.4) is 0 Å². The van der Waals surface area contributed by atoms with Crippen molar-refractivity contribution in [3.05, 3.63) is 89.1 Å². The normalized spacial score (nSPS) is 11.7. The molecule has 0 aliphatic heterocycles. The van der Waals surface area contributed by atoms with Crippen molar-refractivity contribution in [1.29, 1.82) is 0 Å². The fraction of sp³-hybridized carbons (Fsp3) is 0.182. The van der Waals surface area contributed by atoms with E-state index in [1.807, 2.05) is 6.07 Å². The number of hydrogen-bond acceptors (Lipinski definition) is 3. The van der Waals surface area contributed by atoms with Crippen LogP contribution in [-0.4, -0.2) is 15.5 Å². The minimum absolute atomic E-state index is 0.229. The van der Waals surface area contributed by atoms with E-state index in [0.29, 0.717) is 33.8 Å². The summed E-state index contributed by atoms with van der Waals surface area (Å²) in [4.78, 5) is 17.0. The van der Waals surface area contributed by atoms with Crippen LogP contribution in [0, 0.1) is 6.92 Å². The third-order valence-electron chi connectivity index (χ3n) is 4.72. The zero-order valence-electron chi connectivity index (χ0n) is 16.0. The van der Waals surface area contributed by atoms with Gasteiger partial charge in [-0.05, 0) is 36.8 Å². The zero-order chi connectivity index (χ0) is 21.3. The van der Waals surface area contributed by atoms with E-state index in [9.17, 15) is 18.0 Å². The molecule has 0 unspecified atom stereocenters. The van der Waals surface area contributed by atoms with Crippen LogP contribution in [0.5, 0.6) is 0 Å². The van der Waals surface area contributed by atoms with Crippen LogP contribution in [0.25, 0.3) is 11.1 Å². The van der Waals surface area contributed by atoms with Crippen LogP contribution in [0.15, 0.2) is 65.2 Å². The Kier molecular flexibility index (Phi) is 5.07. The molecule has 0 spiro atoms. The molecule has 0 bridgehead atoms. The van der Waals surface area contributed by atoms with Gasteiger partial charge < -0.3 is 14.3 Å². The van der Waals surface area contributed by atoms with Crippen molar-refractivity contribution in [1.82, 2.24) is 14.9 Å². The quantitative estimate of drug-likeness (QED) is 0.504. The SMILES string of the molecule is Cc1cc2c(cc(C(=O)NCc3ccccn3)n2Cc2ccc(C(F)(F)F)cc2)o1. The number of fused-ring (bicyclic) bond motifs is 1. The number of alkyl halides is 3. The second-order valence-electron chi connectivity index (χ2n) is 6.92. The summed E-state index contributed by atoms with van der Waals surface area (Å²) in [5, 5.41) is 2.82. The fourth-order valence-electron chi connectivity index (χ4n) is 3.27. The molecule has 0 atom stereocenters. The van der Waals surface area contributed by atoms with Gasteiger partial charge in [0.2, 0.25) is 0 Å².